The molecule has 0 fully saturated rings. The van der Waals surface area contributed by atoms with E-state index in [0.29, 0.717) is 17.6 Å². The van der Waals surface area contributed by atoms with Gasteiger partial charge in [-0.2, -0.15) is 9.97 Å². The van der Waals surface area contributed by atoms with E-state index in [4.69, 9.17) is 19.9 Å². The van der Waals surface area contributed by atoms with Crippen LogP contribution in [0.15, 0.2) is 182 Å². The third kappa shape index (κ3) is 4.95. The third-order valence-corrected chi connectivity index (χ3v) is 11.1. The molecule has 0 N–H and O–H groups in total. The van der Waals surface area contributed by atoms with Crippen molar-refractivity contribution in [1.29, 1.82) is 0 Å². The summed E-state index contributed by atoms with van der Waals surface area (Å²) >= 11 is 0. The Labute approximate surface area is 331 Å². The molecule has 0 radical (unpaired) electrons. The maximum absolute atomic E-state index is 5.33. The van der Waals surface area contributed by atoms with E-state index in [0.717, 1.165) is 93.8 Å². The second-order valence-electron chi connectivity index (χ2n) is 14.4. The molecule has 8 heteroatoms. The summed E-state index contributed by atoms with van der Waals surface area (Å²) in [5.74, 6) is 1.65. The van der Waals surface area contributed by atoms with E-state index in [1.54, 1.807) is 0 Å². The van der Waals surface area contributed by atoms with Crippen LogP contribution >= 0.6 is 0 Å². The van der Waals surface area contributed by atoms with Crippen molar-refractivity contribution in [3.8, 4) is 51.2 Å². The van der Waals surface area contributed by atoms with Crippen molar-refractivity contribution in [1.82, 2.24) is 38.9 Å². The number of fused-ring (bicyclic) bond motifs is 12. The van der Waals surface area contributed by atoms with E-state index < -0.39 is 0 Å². The fourth-order valence-corrected chi connectivity index (χ4v) is 8.41. The van der Waals surface area contributed by atoms with Crippen molar-refractivity contribution in [3.63, 3.8) is 0 Å². The Morgan fingerprint density at radius 1 is 0.345 bits per heavy atom. The first-order valence-electron chi connectivity index (χ1n) is 19.2. The van der Waals surface area contributed by atoms with Crippen LogP contribution in [0, 0.1) is 0 Å². The van der Waals surface area contributed by atoms with Crippen LogP contribution in [0.25, 0.3) is 111 Å². The van der Waals surface area contributed by atoms with Crippen LogP contribution in [0.5, 0.6) is 0 Å². The zero-order valence-corrected chi connectivity index (χ0v) is 30.9. The Morgan fingerprint density at radius 3 is 1.48 bits per heavy atom. The van der Waals surface area contributed by atoms with E-state index in [-0.39, 0.29) is 0 Å². The first-order chi connectivity index (χ1) is 28.8. The molecule has 6 heterocycles. The molecule has 6 aromatic heterocycles. The summed E-state index contributed by atoms with van der Waals surface area (Å²) in [5.41, 5.74) is 11.5. The van der Waals surface area contributed by atoms with E-state index in [2.05, 4.69) is 146 Å². The largest absolute Gasteiger partial charge is 0.290 e. The number of para-hydroxylation sites is 3. The number of hydrogen-bond acceptors (Lipinski definition) is 6. The molecule has 0 saturated heterocycles. The summed E-state index contributed by atoms with van der Waals surface area (Å²) in [6, 6.07) is 58.3. The number of nitrogens with zero attached hydrogens (tertiary/aromatic N) is 8. The van der Waals surface area contributed by atoms with E-state index >= 15 is 0 Å². The molecule has 0 spiro atoms. The smallest absolute Gasteiger partial charge is 0.238 e. The summed E-state index contributed by atoms with van der Waals surface area (Å²) in [7, 11) is 0. The number of imidazole rings is 1. The Bertz CT molecular complexity index is 3440. The molecule has 0 aliphatic carbocycles. The van der Waals surface area contributed by atoms with E-state index in [1.807, 2.05) is 54.9 Å². The molecule has 0 bridgehead atoms. The number of aromatic nitrogens is 8. The van der Waals surface area contributed by atoms with Gasteiger partial charge in [-0.05, 0) is 47.9 Å². The number of rotatable bonds is 5. The van der Waals surface area contributed by atoms with Crippen molar-refractivity contribution in [2.24, 2.45) is 0 Å². The summed E-state index contributed by atoms with van der Waals surface area (Å²) < 4.78 is 4.54. The average Bonchev–Trinajstić information content (AvgIpc) is 3.86. The molecule has 0 amide bonds. The maximum atomic E-state index is 5.33. The molecule has 270 valence electrons. The quantitative estimate of drug-likeness (QED) is 0.163. The van der Waals surface area contributed by atoms with Crippen molar-refractivity contribution >= 4 is 60.2 Å². The van der Waals surface area contributed by atoms with Crippen LogP contribution in [-0.2, 0) is 0 Å². The number of hydrogen-bond donors (Lipinski definition) is 0. The zero-order chi connectivity index (χ0) is 38.2. The van der Waals surface area contributed by atoms with Crippen molar-refractivity contribution in [3.05, 3.63) is 182 Å². The van der Waals surface area contributed by atoms with Gasteiger partial charge in [0.2, 0.25) is 5.95 Å². The molecule has 12 rings (SSSR count). The number of benzene rings is 6. The molecule has 58 heavy (non-hydrogen) atoms. The molecule has 0 aliphatic heterocycles. The summed E-state index contributed by atoms with van der Waals surface area (Å²) in [4.78, 5) is 30.2. The third-order valence-electron chi connectivity index (χ3n) is 11.1. The highest BCUT2D eigenvalue weighted by Crippen LogP contribution is 2.41. The van der Waals surface area contributed by atoms with E-state index in [1.165, 1.54) is 0 Å². The topological polar surface area (TPSA) is 86.7 Å². The van der Waals surface area contributed by atoms with Crippen LogP contribution in [0.3, 0.4) is 0 Å². The predicted octanol–water partition coefficient (Wildman–Crippen LogP) is 11.5. The average molecular weight is 743 g/mol. The molecular weight excluding hydrogens is 713 g/mol. The van der Waals surface area contributed by atoms with Crippen LogP contribution < -0.4 is 0 Å². The van der Waals surface area contributed by atoms with Crippen LogP contribution in [0.2, 0.25) is 0 Å². The Balaban J connectivity index is 1.17. The fraction of sp³-hybridized carbons (Fsp3) is 0. The Kier molecular flexibility index (Phi) is 7.06. The molecular formula is C50H30N8. The minimum Gasteiger partial charge on any atom is -0.290 e. The Morgan fingerprint density at radius 2 is 0.862 bits per heavy atom. The lowest BCUT2D eigenvalue weighted by molar-refractivity contribution is 0.954. The van der Waals surface area contributed by atoms with Crippen LogP contribution in [0.1, 0.15) is 0 Å². The second-order valence-corrected chi connectivity index (χ2v) is 14.4. The SMILES string of the molecule is c1ccc(-c2ccc(-c3nc(-c4ccc(-c5ccccn5)cc4)nc(-n4c5ccccc5c5ccc6c7ccccc7c7nc8ccccc8n7c6c54)n3)cc2)nc1. The highest BCUT2D eigenvalue weighted by Gasteiger charge is 2.23. The molecule has 6 aromatic carbocycles. The highest BCUT2D eigenvalue weighted by molar-refractivity contribution is 6.24. The van der Waals surface area contributed by atoms with Gasteiger partial charge in [-0.25, -0.2) is 9.97 Å². The van der Waals surface area contributed by atoms with Gasteiger partial charge in [0.15, 0.2) is 11.6 Å². The van der Waals surface area contributed by atoms with Gasteiger partial charge in [0.25, 0.3) is 0 Å². The van der Waals surface area contributed by atoms with E-state index in [9.17, 15) is 0 Å². The highest BCUT2D eigenvalue weighted by atomic mass is 15.2. The molecule has 8 nitrogen and oxygen atoms in total. The molecule has 0 unspecified atom stereocenters. The predicted molar refractivity (Wildman–Crippen MR) is 233 cm³/mol. The summed E-state index contributed by atoms with van der Waals surface area (Å²) in [5, 5.41) is 5.55. The summed E-state index contributed by atoms with van der Waals surface area (Å²) in [6.07, 6.45) is 3.62. The normalized spacial score (nSPS) is 11.8. The van der Waals surface area contributed by atoms with Gasteiger partial charge in [0, 0.05) is 56.2 Å². The maximum Gasteiger partial charge on any atom is 0.238 e. The Hall–Kier alpha value is -8.10. The lowest BCUT2D eigenvalue weighted by Crippen LogP contribution is -2.07. The molecule has 12 aromatic rings. The molecule has 0 saturated carbocycles. The molecule has 0 atom stereocenters. The lowest BCUT2D eigenvalue weighted by Gasteiger charge is -2.14. The lowest BCUT2D eigenvalue weighted by atomic mass is 10.0. The summed E-state index contributed by atoms with van der Waals surface area (Å²) in [6.45, 7) is 0. The minimum absolute atomic E-state index is 0.520. The first-order valence-corrected chi connectivity index (χ1v) is 19.2. The van der Waals surface area contributed by atoms with Gasteiger partial charge < -0.3 is 0 Å². The monoisotopic (exact) mass is 742 g/mol. The molecule has 0 aliphatic rings. The van der Waals surface area contributed by atoms with Gasteiger partial charge in [0.1, 0.15) is 5.65 Å². The number of pyridine rings is 3. The van der Waals surface area contributed by atoms with Gasteiger partial charge >= 0.3 is 0 Å². The fourth-order valence-electron chi connectivity index (χ4n) is 8.41. The first kappa shape index (κ1) is 32.2. The van der Waals surface area contributed by atoms with Gasteiger partial charge in [-0.1, -0.05) is 127 Å². The minimum atomic E-state index is 0.520. The van der Waals surface area contributed by atoms with Gasteiger partial charge in [-0.3, -0.25) is 18.9 Å². The van der Waals surface area contributed by atoms with Crippen LogP contribution in [-0.4, -0.2) is 38.9 Å². The standard InChI is InChI=1S/C50H30N8/c1-2-13-39-35(11-1)37-27-28-38-36-12-3-5-17-43(36)58(46(38)45(37)57-44-18-6-4-16-42(44)53-49(39)57)50-55-47(33-23-19-31(20-24-33)40-14-7-9-29-51-40)54-48(56-50)34-25-21-32(22-26-34)41-15-8-10-30-52-41/h1-30H. The zero-order valence-electron chi connectivity index (χ0n) is 30.9. The van der Waals surface area contributed by atoms with Gasteiger partial charge in [-0.15, -0.1) is 0 Å². The van der Waals surface area contributed by atoms with Crippen molar-refractivity contribution < 1.29 is 0 Å². The van der Waals surface area contributed by atoms with Gasteiger partial charge in [0.05, 0.1) is 39.0 Å². The van der Waals surface area contributed by atoms with Crippen LogP contribution in [0.4, 0.5) is 0 Å². The second kappa shape index (κ2) is 12.7. The van der Waals surface area contributed by atoms with Crippen molar-refractivity contribution in [2.45, 2.75) is 0 Å². The van der Waals surface area contributed by atoms with Crippen molar-refractivity contribution in [2.75, 3.05) is 0 Å².